The Balaban J connectivity index is 2.08. The van der Waals surface area contributed by atoms with Gasteiger partial charge in [-0.1, -0.05) is 0 Å². The van der Waals surface area contributed by atoms with Crippen molar-refractivity contribution in [2.75, 3.05) is 18.0 Å². The summed E-state index contributed by atoms with van der Waals surface area (Å²) in [6.07, 6.45) is -1.65. The molecule has 0 atom stereocenters. The number of alkyl halides is 3. The van der Waals surface area contributed by atoms with Crippen LogP contribution in [0.2, 0.25) is 0 Å². The molecule has 0 bridgehead atoms. The van der Waals surface area contributed by atoms with Crippen LogP contribution in [0.4, 0.5) is 19.0 Å². The number of hydrogen-bond donors (Lipinski definition) is 1. The molecule has 1 aliphatic heterocycles. The van der Waals surface area contributed by atoms with Gasteiger partial charge in [0, 0.05) is 19.3 Å². The van der Waals surface area contributed by atoms with Gasteiger partial charge in [-0.25, -0.2) is 4.98 Å². The van der Waals surface area contributed by atoms with Gasteiger partial charge in [0.25, 0.3) is 0 Å². The Morgan fingerprint density at radius 3 is 2.35 bits per heavy atom. The van der Waals surface area contributed by atoms with Crippen molar-refractivity contribution >= 4 is 5.82 Å². The zero-order valence-electron chi connectivity index (χ0n) is 11.6. The lowest BCUT2D eigenvalue weighted by atomic mass is 9.83. The highest BCUT2D eigenvalue weighted by atomic mass is 19.4. The van der Waals surface area contributed by atoms with Crippen molar-refractivity contribution < 1.29 is 18.3 Å². The molecule has 2 rings (SSSR count). The smallest absolute Gasteiger partial charge is 0.390 e. The minimum absolute atomic E-state index is 0.171. The van der Waals surface area contributed by atoms with Crippen LogP contribution in [-0.4, -0.2) is 28.8 Å². The summed E-state index contributed by atoms with van der Waals surface area (Å²) in [5.41, 5.74) is -1.42. The standard InChI is InChI=1S/C14H19F3N2O/c1-13(2,20)10-4-7-19(8-5-10)12-9-11(3-6-18-12)14(15,16)17/h3,6,9-10,20H,4-5,7-8H2,1-2H3. The Morgan fingerprint density at radius 1 is 1.25 bits per heavy atom. The average molecular weight is 288 g/mol. The molecule has 1 N–H and O–H groups in total. The summed E-state index contributed by atoms with van der Waals surface area (Å²) in [6, 6.07) is 2.07. The van der Waals surface area contributed by atoms with E-state index in [1.54, 1.807) is 13.8 Å². The first kappa shape index (κ1) is 15.1. The van der Waals surface area contributed by atoms with Crippen molar-refractivity contribution in [2.45, 2.75) is 38.5 Å². The molecule has 0 unspecified atom stereocenters. The van der Waals surface area contributed by atoms with Gasteiger partial charge in [-0.15, -0.1) is 0 Å². The van der Waals surface area contributed by atoms with E-state index >= 15 is 0 Å². The van der Waals surface area contributed by atoms with Crippen LogP contribution in [0, 0.1) is 5.92 Å². The zero-order valence-corrected chi connectivity index (χ0v) is 11.6. The SMILES string of the molecule is CC(C)(O)C1CCN(c2cc(C(F)(F)F)ccn2)CC1. The van der Waals surface area contributed by atoms with Gasteiger partial charge in [-0.3, -0.25) is 0 Å². The summed E-state index contributed by atoms with van der Waals surface area (Å²) in [4.78, 5) is 5.87. The van der Waals surface area contributed by atoms with Crippen molar-refractivity contribution in [3.05, 3.63) is 23.9 Å². The highest BCUT2D eigenvalue weighted by Crippen LogP contribution is 2.33. The van der Waals surface area contributed by atoms with E-state index in [-0.39, 0.29) is 5.92 Å². The minimum Gasteiger partial charge on any atom is -0.390 e. The molecule has 20 heavy (non-hydrogen) atoms. The second-order valence-electron chi connectivity index (χ2n) is 5.82. The van der Waals surface area contributed by atoms with Gasteiger partial charge in [0.2, 0.25) is 0 Å². The second-order valence-corrected chi connectivity index (χ2v) is 5.82. The molecule has 1 saturated heterocycles. The Labute approximate surface area is 116 Å². The van der Waals surface area contributed by atoms with Gasteiger partial charge >= 0.3 is 6.18 Å². The highest BCUT2D eigenvalue weighted by molar-refractivity contribution is 5.42. The topological polar surface area (TPSA) is 36.4 Å². The van der Waals surface area contributed by atoms with Crippen molar-refractivity contribution in [3.8, 4) is 0 Å². The zero-order chi connectivity index (χ0) is 15.0. The molecule has 0 aromatic carbocycles. The second kappa shape index (κ2) is 5.24. The van der Waals surface area contributed by atoms with Crippen LogP contribution >= 0.6 is 0 Å². The molecule has 0 saturated carbocycles. The Bertz CT molecular complexity index is 460. The third kappa shape index (κ3) is 3.42. The molecule has 2 heterocycles. The number of nitrogens with zero attached hydrogens (tertiary/aromatic N) is 2. The normalized spacial score (nSPS) is 18.4. The molecule has 0 radical (unpaired) electrons. The molecule has 6 heteroatoms. The maximum absolute atomic E-state index is 12.7. The van der Waals surface area contributed by atoms with Crippen LogP contribution in [0.25, 0.3) is 0 Å². The van der Waals surface area contributed by atoms with Gasteiger partial charge in [0.05, 0.1) is 11.2 Å². The fourth-order valence-electron chi connectivity index (χ4n) is 2.58. The van der Waals surface area contributed by atoms with Gasteiger partial charge in [0.1, 0.15) is 5.82 Å². The summed E-state index contributed by atoms with van der Waals surface area (Å²) in [5, 5.41) is 9.97. The first-order chi connectivity index (χ1) is 9.18. The number of hydrogen-bond acceptors (Lipinski definition) is 3. The number of aliphatic hydroxyl groups is 1. The molecule has 0 amide bonds. The molecular formula is C14H19F3N2O. The monoisotopic (exact) mass is 288 g/mol. The van der Waals surface area contributed by atoms with Gasteiger partial charge in [0.15, 0.2) is 0 Å². The van der Waals surface area contributed by atoms with E-state index in [2.05, 4.69) is 4.98 Å². The number of rotatable bonds is 2. The number of piperidine rings is 1. The lowest BCUT2D eigenvalue weighted by Gasteiger charge is -2.38. The van der Waals surface area contributed by atoms with Crippen LogP contribution < -0.4 is 4.90 Å². The Morgan fingerprint density at radius 2 is 1.85 bits per heavy atom. The minimum atomic E-state index is -4.34. The van der Waals surface area contributed by atoms with E-state index in [1.165, 1.54) is 6.20 Å². The molecule has 1 aromatic heterocycles. The number of halogens is 3. The fourth-order valence-corrected chi connectivity index (χ4v) is 2.58. The maximum atomic E-state index is 12.7. The third-order valence-corrected chi connectivity index (χ3v) is 3.89. The van der Waals surface area contributed by atoms with Gasteiger partial charge in [-0.05, 0) is 44.7 Å². The van der Waals surface area contributed by atoms with Crippen molar-refractivity contribution in [1.82, 2.24) is 4.98 Å². The largest absolute Gasteiger partial charge is 0.416 e. The van der Waals surface area contributed by atoms with Crippen molar-refractivity contribution in [1.29, 1.82) is 0 Å². The fraction of sp³-hybridized carbons (Fsp3) is 0.643. The predicted molar refractivity (Wildman–Crippen MR) is 70.5 cm³/mol. The van der Waals surface area contributed by atoms with Crippen LogP contribution in [0.15, 0.2) is 18.3 Å². The van der Waals surface area contributed by atoms with E-state index in [1.807, 2.05) is 4.90 Å². The van der Waals surface area contributed by atoms with Crippen LogP contribution in [0.1, 0.15) is 32.3 Å². The highest BCUT2D eigenvalue weighted by Gasteiger charge is 2.33. The molecule has 1 aliphatic rings. The number of anilines is 1. The quantitative estimate of drug-likeness (QED) is 0.908. The van der Waals surface area contributed by atoms with E-state index in [9.17, 15) is 18.3 Å². The van der Waals surface area contributed by atoms with Crippen LogP contribution in [0.3, 0.4) is 0 Å². The van der Waals surface area contributed by atoms with E-state index in [0.29, 0.717) is 18.9 Å². The lowest BCUT2D eigenvalue weighted by molar-refractivity contribution is -0.137. The number of aromatic nitrogens is 1. The lowest BCUT2D eigenvalue weighted by Crippen LogP contribution is -2.42. The number of pyridine rings is 1. The van der Waals surface area contributed by atoms with Gasteiger partial charge < -0.3 is 10.0 Å². The first-order valence-electron chi connectivity index (χ1n) is 6.68. The van der Waals surface area contributed by atoms with Crippen molar-refractivity contribution in [2.24, 2.45) is 5.92 Å². The molecule has 1 fully saturated rings. The van der Waals surface area contributed by atoms with Gasteiger partial charge in [-0.2, -0.15) is 13.2 Å². The Kier molecular flexibility index (Phi) is 3.95. The average Bonchev–Trinajstić information content (AvgIpc) is 2.37. The summed E-state index contributed by atoms with van der Waals surface area (Å²) in [6.45, 7) is 4.78. The molecule has 3 nitrogen and oxygen atoms in total. The molecule has 0 aliphatic carbocycles. The summed E-state index contributed by atoms with van der Waals surface area (Å²) >= 11 is 0. The summed E-state index contributed by atoms with van der Waals surface area (Å²) < 4.78 is 38.0. The third-order valence-electron chi connectivity index (χ3n) is 3.89. The first-order valence-corrected chi connectivity index (χ1v) is 6.68. The summed E-state index contributed by atoms with van der Waals surface area (Å²) in [5.74, 6) is 0.526. The predicted octanol–water partition coefficient (Wildman–Crippen LogP) is 3.09. The van der Waals surface area contributed by atoms with Crippen LogP contribution in [0.5, 0.6) is 0 Å². The Hall–Kier alpha value is -1.30. The molecular weight excluding hydrogens is 269 g/mol. The maximum Gasteiger partial charge on any atom is 0.416 e. The van der Waals surface area contributed by atoms with Crippen LogP contribution in [-0.2, 0) is 6.18 Å². The summed E-state index contributed by atoms with van der Waals surface area (Å²) in [7, 11) is 0. The van der Waals surface area contributed by atoms with E-state index in [4.69, 9.17) is 0 Å². The van der Waals surface area contributed by atoms with Crippen molar-refractivity contribution in [3.63, 3.8) is 0 Å². The van der Waals surface area contributed by atoms with E-state index < -0.39 is 17.3 Å². The molecule has 1 aromatic rings. The van der Waals surface area contributed by atoms with E-state index in [0.717, 1.165) is 25.0 Å². The molecule has 112 valence electrons. The molecule has 0 spiro atoms.